The van der Waals surface area contributed by atoms with Gasteiger partial charge in [0.25, 0.3) is 15.7 Å². The molecule has 0 aliphatic carbocycles. The van der Waals surface area contributed by atoms with E-state index in [4.69, 9.17) is 4.74 Å². The molecule has 3 aromatic carbocycles. The van der Waals surface area contributed by atoms with Gasteiger partial charge in [-0.3, -0.25) is 10.1 Å². The van der Waals surface area contributed by atoms with Crippen molar-refractivity contribution < 1.29 is 18.1 Å². The zero-order valence-corrected chi connectivity index (χ0v) is 17.7. The van der Waals surface area contributed by atoms with Gasteiger partial charge in [0.05, 0.1) is 22.6 Å². The summed E-state index contributed by atoms with van der Waals surface area (Å²) in [5, 5.41) is 10.8. The Kier molecular flexibility index (Phi) is 6.61. The Morgan fingerprint density at radius 1 is 0.968 bits per heavy atom. The predicted octanol–water partition coefficient (Wildman–Crippen LogP) is 4.80. The lowest BCUT2D eigenvalue weighted by Crippen LogP contribution is -2.04. The highest BCUT2D eigenvalue weighted by molar-refractivity contribution is 7.90. The van der Waals surface area contributed by atoms with Gasteiger partial charge in [0.2, 0.25) is 0 Å². The first-order valence-electron chi connectivity index (χ1n) is 9.27. The molecule has 7 nitrogen and oxygen atoms in total. The van der Waals surface area contributed by atoms with Gasteiger partial charge < -0.3 is 4.74 Å². The van der Waals surface area contributed by atoms with Crippen molar-refractivity contribution in [1.29, 1.82) is 0 Å². The Balaban J connectivity index is 2.02. The first kappa shape index (κ1) is 21.9. The fourth-order valence-corrected chi connectivity index (χ4v) is 3.73. The van der Waals surface area contributed by atoms with Gasteiger partial charge in [0, 0.05) is 17.7 Å². The van der Waals surface area contributed by atoms with Crippen LogP contribution >= 0.6 is 0 Å². The predicted molar refractivity (Wildman–Crippen MR) is 120 cm³/mol. The molecular formula is C23H20N2O5S. The zero-order chi connectivity index (χ0) is 22.4. The molecule has 0 saturated carbocycles. The van der Waals surface area contributed by atoms with Crippen LogP contribution in [-0.2, 0) is 10.0 Å². The van der Waals surface area contributed by atoms with Crippen LogP contribution in [0.15, 0.2) is 88.2 Å². The van der Waals surface area contributed by atoms with Gasteiger partial charge in [-0.25, -0.2) is 0 Å². The summed E-state index contributed by atoms with van der Waals surface area (Å²) in [4.78, 5) is 10.4. The number of nitro groups is 1. The van der Waals surface area contributed by atoms with Crippen LogP contribution in [0.1, 0.15) is 16.7 Å². The van der Waals surface area contributed by atoms with E-state index >= 15 is 0 Å². The summed E-state index contributed by atoms with van der Waals surface area (Å²) in [5.41, 5.74) is 2.38. The highest BCUT2D eigenvalue weighted by Crippen LogP contribution is 2.19. The average molecular weight is 436 g/mol. The summed E-state index contributed by atoms with van der Waals surface area (Å²) in [6, 6.07) is 19.2. The number of aryl methyl sites for hydroxylation is 1. The molecule has 31 heavy (non-hydrogen) atoms. The lowest BCUT2D eigenvalue weighted by molar-refractivity contribution is -0.384. The van der Waals surface area contributed by atoms with Crippen LogP contribution in [0.5, 0.6) is 5.75 Å². The van der Waals surface area contributed by atoms with E-state index in [1.165, 1.54) is 24.3 Å². The molecule has 0 aliphatic rings. The number of methoxy groups -OCH3 is 1. The van der Waals surface area contributed by atoms with Gasteiger partial charge in [0.15, 0.2) is 0 Å². The maximum absolute atomic E-state index is 12.9. The average Bonchev–Trinajstić information content (AvgIpc) is 2.77. The molecule has 0 bridgehead atoms. The molecule has 0 saturated heterocycles. The van der Waals surface area contributed by atoms with Crippen LogP contribution in [0, 0.1) is 17.0 Å². The van der Waals surface area contributed by atoms with Gasteiger partial charge in [-0.2, -0.15) is 12.8 Å². The third kappa shape index (κ3) is 5.64. The van der Waals surface area contributed by atoms with Crippen LogP contribution in [0.2, 0.25) is 0 Å². The largest absolute Gasteiger partial charge is 0.497 e. The Morgan fingerprint density at radius 2 is 1.58 bits per heavy atom. The number of nitro benzene ring substituents is 1. The first-order valence-corrected chi connectivity index (χ1v) is 10.7. The molecule has 3 aromatic rings. The Hall–Kier alpha value is -3.78. The molecule has 158 valence electrons. The zero-order valence-electron chi connectivity index (χ0n) is 16.9. The number of ether oxygens (including phenoxy) is 1. The maximum atomic E-state index is 12.9. The minimum atomic E-state index is -3.95. The Labute approximate surface area is 180 Å². The molecule has 0 fully saturated rings. The third-order valence-corrected chi connectivity index (χ3v) is 5.77. The number of benzene rings is 3. The van der Waals surface area contributed by atoms with Crippen molar-refractivity contribution in [3.05, 3.63) is 106 Å². The second-order valence-electron chi connectivity index (χ2n) is 6.68. The van der Waals surface area contributed by atoms with Crippen LogP contribution in [-0.4, -0.2) is 26.2 Å². The number of allylic oxidation sites excluding steroid dienone is 1. The fourth-order valence-electron chi connectivity index (χ4n) is 2.72. The van der Waals surface area contributed by atoms with E-state index in [1.54, 1.807) is 67.8 Å². The molecule has 0 aliphatic heterocycles. The minimum absolute atomic E-state index is 0.0249. The van der Waals surface area contributed by atoms with Crippen molar-refractivity contribution in [2.45, 2.75) is 11.8 Å². The number of non-ortho nitro benzene ring substituents is 1. The van der Waals surface area contributed by atoms with E-state index in [2.05, 4.69) is 4.40 Å². The van der Waals surface area contributed by atoms with E-state index in [0.29, 0.717) is 16.9 Å². The molecule has 0 atom stereocenters. The quantitative estimate of drug-likeness (QED) is 0.301. The molecule has 8 heteroatoms. The summed E-state index contributed by atoms with van der Waals surface area (Å²) in [7, 11) is -2.40. The van der Waals surface area contributed by atoms with Crippen molar-refractivity contribution in [2.24, 2.45) is 4.40 Å². The number of nitrogens with zero attached hydrogens (tertiary/aromatic N) is 2. The van der Waals surface area contributed by atoms with Crippen molar-refractivity contribution in [3.8, 4) is 5.75 Å². The van der Waals surface area contributed by atoms with Crippen molar-refractivity contribution in [3.63, 3.8) is 0 Å². The topological polar surface area (TPSA) is 98.9 Å². The molecular weight excluding hydrogens is 416 g/mol. The normalized spacial score (nSPS) is 12.1. The van der Waals surface area contributed by atoms with Crippen molar-refractivity contribution in [1.82, 2.24) is 0 Å². The number of sulfonamides is 1. The number of hydrogen-bond donors (Lipinski definition) is 0. The summed E-state index contributed by atoms with van der Waals surface area (Å²) in [6.45, 7) is 1.87. The molecule has 3 rings (SSSR count). The van der Waals surface area contributed by atoms with Crippen LogP contribution < -0.4 is 4.74 Å². The lowest BCUT2D eigenvalue weighted by Gasteiger charge is -2.06. The highest BCUT2D eigenvalue weighted by atomic mass is 32.2. The van der Waals surface area contributed by atoms with Gasteiger partial charge in [-0.1, -0.05) is 23.8 Å². The van der Waals surface area contributed by atoms with Gasteiger partial charge in [-0.15, -0.1) is 0 Å². The Bertz CT molecular complexity index is 1230. The van der Waals surface area contributed by atoms with Crippen LogP contribution in [0.4, 0.5) is 5.69 Å². The monoisotopic (exact) mass is 436 g/mol. The second-order valence-corrected chi connectivity index (χ2v) is 8.28. The van der Waals surface area contributed by atoms with Crippen molar-refractivity contribution >= 4 is 27.5 Å². The van der Waals surface area contributed by atoms with E-state index in [9.17, 15) is 18.5 Å². The van der Waals surface area contributed by atoms with E-state index in [1.807, 2.05) is 6.92 Å². The molecule has 0 amide bonds. The molecule has 0 spiro atoms. The molecule has 0 unspecified atom stereocenters. The standard InChI is InChI=1S/C23H20N2O5S/c1-17-3-14-22(15-4-17)31(28,29)24-23(19-8-12-21(30-2)13-9-19)16-7-18-5-10-20(11-6-18)25(26)27/h3-16H,1-2H3/b16-7+,24-23-. The van der Waals surface area contributed by atoms with Crippen molar-refractivity contribution in [2.75, 3.05) is 7.11 Å². The third-order valence-electron chi connectivity index (χ3n) is 4.46. The minimum Gasteiger partial charge on any atom is -0.497 e. The summed E-state index contributed by atoms with van der Waals surface area (Å²) in [5.74, 6) is 0.629. The molecule has 0 aromatic heterocycles. The van der Waals surface area contributed by atoms with Gasteiger partial charge in [0.1, 0.15) is 5.75 Å². The summed E-state index contributed by atoms with van der Waals surface area (Å²) < 4.78 is 34.9. The highest BCUT2D eigenvalue weighted by Gasteiger charge is 2.14. The molecule has 0 radical (unpaired) electrons. The van der Waals surface area contributed by atoms with E-state index in [0.717, 1.165) is 5.56 Å². The SMILES string of the molecule is COc1ccc(C(/C=C/c2ccc([N+](=O)[O-])cc2)=N\S(=O)(=O)c2ccc(C)cc2)cc1. The lowest BCUT2D eigenvalue weighted by atomic mass is 10.1. The number of hydrogen-bond acceptors (Lipinski definition) is 5. The Morgan fingerprint density at radius 3 is 2.13 bits per heavy atom. The maximum Gasteiger partial charge on any atom is 0.282 e. The van der Waals surface area contributed by atoms with E-state index < -0.39 is 14.9 Å². The first-order chi connectivity index (χ1) is 14.8. The van der Waals surface area contributed by atoms with Gasteiger partial charge >= 0.3 is 0 Å². The fraction of sp³-hybridized carbons (Fsp3) is 0.0870. The number of rotatable bonds is 7. The van der Waals surface area contributed by atoms with Gasteiger partial charge in [-0.05, 0) is 67.1 Å². The summed E-state index contributed by atoms with van der Waals surface area (Å²) in [6.07, 6.45) is 3.21. The molecule has 0 N–H and O–H groups in total. The summed E-state index contributed by atoms with van der Waals surface area (Å²) >= 11 is 0. The second kappa shape index (κ2) is 9.36. The molecule has 0 heterocycles. The van der Waals surface area contributed by atoms with E-state index in [-0.39, 0.29) is 16.3 Å². The van der Waals surface area contributed by atoms with Crippen LogP contribution in [0.3, 0.4) is 0 Å². The van der Waals surface area contributed by atoms with Crippen LogP contribution in [0.25, 0.3) is 6.08 Å². The smallest absolute Gasteiger partial charge is 0.282 e.